The molecule has 2 aromatic carbocycles. The van der Waals surface area contributed by atoms with Crippen molar-refractivity contribution >= 4 is 23.2 Å². The summed E-state index contributed by atoms with van der Waals surface area (Å²) in [6.45, 7) is 4.65. The number of nitrogens with zero attached hydrogens (tertiary/aromatic N) is 1. The highest BCUT2D eigenvalue weighted by Crippen LogP contribution is 2.53. The van der Waals surface area contributed by atoms with E-state index in [9.17, 15) is 9.59 Å². The number of nitrogens with one attached hydrogen (secondary N) is 1. The van der Waals surface area contributed by atoms with Crippen LogP contribution in [0.5, 0.6) is 17.2 Å². The van der Waals surface area contributed by atoms with Crippen LogP contribution < -0.4 is 24.4 Å². The largest absolute Gasteiger partial charge is 0.493 e. The van der Waals surface area contributed by atoms with Gasteiger partial charge < -0.3 is 29.2 Å². The first-order valence-corrected chi connectivity index (χ1v) is 11.7. The van der Waals surface area contributed by atoms with Gasteiger partial charge in [-0.2, -0.15) is 0 Å². The molecular weight excluding hydrogens is 448 g/mol. The Morgan fingerprint density at radius 3 is 2.31 bits per heavy atom. The van der Waals surface area contributed by atoms with Gasteiger partial charge in [-0.3, -0.25) is 9.59 Å². The SMILES string of the molecule is COc1cc(NC(=O)[C@H]2[C@H]3C(=O)N(c4ccc(C(C)C)cc4)C[C@]34C=C[C@H]2O4)cc(OC)c1OC. The topological polar surface area (TPSA) is 86.3 Å². The molecule has 0 radical (unpaired) electrons. The van der Waals surface area contributed by atoms with Crippen molar-refractivity contribution in [2.45, 2.75) is 31.5 Å². The van der Waals surface area contributed by atoms with Gasteiger partial charge in [0, 0.05) is 23.5 Å². The lowest BCUT2D eigenvalue weighted by Crippen LogP contribution is -2.41. The Labute approximate surface area is 204 Å². The molecule has 0 unspecified atom stereocenters. The Hall–Kier alpha value is -3.52. The number of carbonyl (C=O) groups is 2. The van der Waals surface area contributed by atoms with Crippen LogP contribution in [0.3, 0.4) is 0 Å². The highest BCUT2D eigenvalue weighted by Gasteiger charge is 2.67. The van der Waals surface area contributed by atoms with Gasteiger partial charge in [0.15, 0.2) is 11.5 Å². The van der Waals surface area contributed by atoms with E-state index in [4.69, 9.17) is 18.9 Å². The Balaban J connectivity index is 1.41. The van der Waals surface area contributed by atoms with Crippen LogP contribution in [0.15, 0.2) is 48.6 Å². The zero-order valence-corrected chi connectivity index (χ0v) is 20.5. The lowest BCUT2D eigenvalue weighted by Gasteiger charge is -2.24. The van der Waals surface area contributed by atoms with Gasteiger partial charge >= 0.3 is 0 Å². The summed E-state index contributed by atoms with van der Waals surface area (Å²) < 4.78 is 22.4. The van der Waals surface area contributed by atoms with Gasteiger partial charge in [-0.15, -0.1) is 0 Å². The maximum atomic E-state index is 13.6. The molecule has 1 spiro atoms. The fraction of sp³-hybridized carbons (Fsp3) is 0.407. The first-order chi connectivity index (χ1) is 16.8. The number of rotatable bonds is 7. The molecule has 2 fully saturated rings. The van der Waals surface area contributed by atoms with Crippen LogP contribution in [0.25, 0.3) is 0 Å². The normalized spacial score (nSPS) is 26.3. The second kappa shape index (κ2) is 8.61. The molecule has 2 bridgehead atoms. The molecule has 35 heavy (non-hydrogen) atoms. The van der Waals surface area contributed by atoms with Crippen LogP contribution in [0.2, 0.25) is 0 Å². The van der Waals surface area contributed by atoms with E-state index < -0.39 is 23.5 Å². The van der Waals surface area contributed by atoms with Crippen LogP contribution >= 0.6 is 0 Å². The van der Waals surface area contributed by atoms with Crippen LogP contribution in [0.1, 0.15) is 25.3 Å². The van der Waals surface area contributed by atoms with E-state index in [0.29, 0.717) is 35.4 Å². The highest BCUT2D eigenvalue weighted by atomic mass is 16.5. The molecule has 3 aliphatic heterocycles. The molecule has 2 aromatic rings. The molecule has 0 aliphatic carbocycles. The van der Waals surface area contributed by atoms with E-state index in [0.717, 1.165) is 5.69 Å². The van der Waals surface area contributed by atoms with Crippen molar-refractivity contribution in [1.82, 2.24) is 0 Å². The van der Waals surface area contributed by atoms with Crippen molar-refractivity contribution in [3.63, 3.8) is 0 Å². The number of hydrogen-bond acceptors (Lipinski definition) is 6. The Morgan fingerprint density at radius 2 is 1.74 bits per heavy atom. The van der Waals surface area contributed by atoms with Crippen molar-refractivity contribution in [2.24, 2.45) is 11.8 Å². The minimum Gasteiger partial charge on any atom is -0.493 e. The molecule has 0 aromatic heterocycles. The zero-order valence-electron chi connectivity index (χ0n) is 20.5. The average Bonchev–Trinajstić information content (AvgIpc) is 3.51. The van der Waals surface area contributed by atoms with E-state index in [1.165, 1.54) is 26.9 Å². The molecule has 8 heteroatoms. The number of hydrogen-bond donors (Lipinski definition) is 1. The molecular formula is C27H30N2O6. The first-order valence-electron chi connectivity index (χ1n) is 11.7. The Kier molecular flexibility index (Phi) is 5.71. The van der Waals surface area contributed by atoms with E-state index in [1.54, 1.807) is 17.0 Å². The minimum absolute atomic E-state index is 0.0980. The lowest BCUT2D eigenvalue weighted by atomic mass is 9.76. The number of carbonyl (C=O) groups excluding carboxylic acids is 2. The molecule has 2 saturated heterocycles. The van der Waals surface area contributed by atoms with E-state index in [-0.39, 0.29) is 11.8 Å². The van der Waals surface area contributed by atoms with Crippen LogP contribution in [-0.2, 0) is 14.3 Å². The highest BCUT2D eigenvalue weighted by molar-refractivity contribution is 6.05. The van der Waals surface area contributed by atoms with Gasteiger partial charge in [-0.25, -0.2) is 0 Å². The number of ether oxygens (including phenoxy) is 4. The molecule has 4 atom stereocenters. The van der Waals surface area contributed by atoms with Crippen LogP contribution in [0.4, 0.5) is 11.4 Å². The van der Waals surface area contributed by atoms with E-state index in [1.807, 2.05) is 36.4 Å². The summed E-state index contributed by atoms with van der Waals surface area (Å²) in [5.74, 6) is 0.0666. The lowest BCUT2D eigenvalue weighted by molar-refractivity contribution is -0.128. The van der Waals surface area contributed by atoms with Crippen molar-refractivity contribution in [1.29, 1.82) is 0 Å². The predicted molar refractivity (Wildman–Crippen MR) is 131 cm³/mol. The third-order valence-electron chi connectivity index (χ3n) is 7.21. The molecule has 0 saturated carbocycles. The number of methoxy groups -OCH3 is 3. The molecule has 1 N–H and O–H groups in total. The third kappa shape index (κ3) is 3.63. The summed E-state index contributed by atoms with van der Waals surface area (Å²) in [6.07, 6.45) is 3.40. The van der Waals surface area contributed by atoms with Crippen LogP contribution in [-0.4, -0.2) is 51.4 Å². The summed E-state index contributed by atoms with van der Waals surface area (Å²) in [7, 11) is 4.55. The van der Waals surface area contributed by atoms with Gasteiger partial charge in [-0.05, 0) is 23.6 Å². The number of fused-ring (bicyclic) bond motifs is 1. The van der Waals surface area contributed by atoms with Crippen LogP contribution in [0, 0.1) is 11.8 Å². The van der Waals surface area contributed by atoms with Gasteiger partial charge in [0.25, 0.3) is 0 Å². The summed E-state index contributed by atoms with van der Waals surface area (Å²) in [4.78, 5) is 28.9. The van der Waals surface area contributed by atoms with E-state index >= 15 is 0 Å². The molecule has 3 aliphatic rings. The second-order valence-electron chi connectivity index (χ2n) is 9.47. The van der Waals surface area contributed by atoms with Crippen molar-refractivity contribution in [3.8, 4) is 17.2 Å². The zero-order chi connectivity index (χ0) is 24.9. The molecule has 3 heterocycles. The van der Waals surface area contributed by atoms with Gasteiger partial charge in [0.05, 0.1) is 45.8 Å². The summed E-state index contributed by atoms with van der Waals surface area (Å²) in [5.41, 5.74) is 1.71. The first kappa shape index (κ1) is 23.2. The predicted octanol–water partition coefficient (Wildman–Crippen LogP) is 3.76. The van der Waals surface area contributed by atoms with Crippen molar-refractivity contribution < 1.29 is 28.5 Å². The standard InChI is InChI=1S/C27H30N2O6/c1-15(2)16-6-8-18(9-7-16)29-14-27-11-10-19(35-27)22(23(27)26(29)31)25(30)28-17-12-20(32-3)24(34-5)21(13-17)33-4/h6-13,15,19,22-23H,14H2,1-5H3,(H,28,30)/t19-,22-,23+,27-/m1/s1. The number of benzene rings is 2. The second-order valence-corrected chi connectivity index (χ2v) is 9.47. The monoisotopic (exact) mass is 478 g/mol. The molecule has 2 amide bonds. The van der Waals surface area contributed by atoms with Crippen molar-refractivity contribution in [2.75, 3.05) is 38.1 Å². The Morgan fingerprint density at radius 1 is 1.09 bits per heavy atom. The Bertz CT molecular complexity index is 1170. The minimum atomic E-state index is -0.796. The fourth-order valence-corrected chi connectivity index (χ4v) is 5.43. The fourth-order valence-electron chi connectivity index (χ4n) is 5.43. The molecule has 184 valence electrons. The summed E-state index contributed by atoms with van der Waals surface area (Å²) in [6, 6.07) is 11.3. The van der Waals surface area contributed by atoms with Gasteiger partial charge in [-0.1, -0.05) is 38.1 Å². The van der Waals surface area contributed by atoms with Gasteiger partial charge in [0.1, 0.15) is 5.60 Å². The molecule has 8 nitrogen and oxygen atoms in total. The quantitative estimate of drug-likeness (QED) is 0.610. The maximum absolute atomic E-state index is 13.6. The van der Waals surface area contributed by atoms with Gasteiger partial charge in [0.2, 0.25) is 17.6 Å². The summed E-state index contributed by atoms with van der Waals surface area (Å²) in [5, 5.41) is 2.93. The van der Waals surface area contributed by atoms with E-state index in [2.05, 4.69) is 19.2 Å². The summed E-state index contributed by atoms with van der Waals surface area (Å²) >= 11 is 0. The third-order valence-corrected chi connectivity index (χ3v) is 7.21. The maximum Gasteiger partial charge on any atom is 0.234 e. The average molecular weight is 479 g/mol. The molecule has 5 rings (SSSR count). The number of amides is 2. The smallest absolute Gasteiger partial charge is 0.234 e. The number of anilines is 2. The van der Waals surface area contributed by atoms with Crippen molar-refractivity contribution in [3.05, 3.63) is 54.1 Å².